The van der Waals surface area contributed by atoms with Crippen molar-refractivity contribution in [1.29, 1.82) is 5.26 Å². The molecular weight excluding hydrogens is 336 g/mol. The van der Waals surface area contributed by atoms with Gasteiger partial charge in [-0.1, -0.05) is 60.7 Å². The lowest BCUT2D eigenvalue weighted by molar-refractivity contribution is 0.668. The topological polar surface area (TPSA) is 101 Å². The van der Waals surface area contributed by atoms with Gasteiger partial charge in [-0.05, 0) is 23.6 Å². The number of para-hydroxylation sites is 2. The summed E-state index contributed by atoms with van der Waals surface area (Å²) in [6.07, 6.45) is 8.57. The third kappa shape index (κ3) is 2.88. The molecule has 5 nitrogen and oxygen atoms in total. The Bertz CT molecular complexity index is 1200. The van der Waals surface area contributed by atoms with E-state index in [2.05, 4.69) is 17.6 Å². The summed E-state index contributed by atoms with van der Waals surface area (Å²) >= 11 is 0. The Kier molecular flexibility index (Phi) is 4.25. The molecule has 0 radical (unpaired) electrons. The fourth-order valence-electron chi connectivity index (χ4n) is 3.31. The maximum absolute atomic E-state index is 9.11. The van der Waals surface area contributed by atoms with E-state index in [0.29, 0.717) is 12.1 Å². The van der Waals surface area contributed by atoms with Gasteiger partial charge in [0.15, 0.2) is 5.70 Å². The molecule has 1 aliphatic rings. The molecule has 0 saturated heterocycles. The van der Waals surface area contributed by atoms with Crippen LogP contribution in [0.2, 0.25) is 0 Å². The molecule has 0 bridgehead atoms. The Morgan fingerprint density at radius 1 is 1.07 bits per heavy atom. The number of nitriles is 1. The summed E-state index contributed by atoms with van der Waals surface area (Å²) < 4.78 is 6.13. The zero-order valence-electron chi connectivity index (χ0n) is 14.6. The number of allylic oxidation sites excluding steroid dienone is 7. The lowest BCUT2D eigenvalue weighted by Gasteiger charge is -2.06. The highest BCUT2D eigenvalue weighted by molar-refractivity contribution is 6.08. The molecule has 0 aliphatic heterocycles. The van der Waals surface area contributed by atoms with Crippen molar-refractivity contribution in [2.45, 2.75) is 6.42 Å². The van der Waals surface area contributed by atoms with Crippen molar-refractivity contribution in [2.24, 2.45) is 11.6 Å². The van der Waals surface area contributed by atoms with Crippen molar-refractivity contribution < 1.29 is 4.42 Å². The first kappa shape index (κ1) is 16.7. The van der Waals surface area contributed by atoms with E-state index in [1.165, 1.54) is 0 Å². The fraction of sp³-hybridized carbons (Fsp3) is 0.0455. The average Bonchev–Trinajstić information content (AvgIpc) is 2.91. The zero-order chi connectivity index (χ0) is 18.8. The number of hydrogen-bond acceptors (Lipinski definition) is 5. The monoisotopic (exact) mass is 354 g/mol. The molecule has 0 spiro atoms. The predicted molar refractivity (Wildman–Crippen MR) is 108 cm³/mol. The maximum Gasteiger partial charge on any atom is 0.151 e. The van der Waals surface area contributed by atoms with Crippen LogP contribution >= 0.6 is 0 Å². The second-order valence-corrected chi connectivity index (χ2v) is 6.25. The highest BCUT2D eigenvalue weighted by Crippen LogP contribution is 2.34. The van der Waals surface area contributed by atoms with E-state index in [1.54, 1.807) is 0 Å². The smallest absolute Gasteiger partial charge is 0.151 e. The van der Waals surface area contributed by atoms with Gasteiger partial charge in [-0.15, -0.1) is 0 Å². The molecule has 1 aromatic heterocycles. The van der Waals surface area contributed by atoms with Crippen molar-refractivity contribution in [2.75, 3.05) is 0 Å². The number of rotatable bonds is 3. The van der Waals surface area contributed by atoms with Gasteiger partial charge < -0.3 is 15.6 Å². The van der Waals surface area contributed by atoms with Gasteiger partial charge in [-0.3, -0.25) is 0 Å². The Morgan fingerprint density at radius 2 is 1.89 bits per heavy atom. The molecule has 5 N–H and O–H groups in total. The molecule has 5 heteroatoms. The van der Waals surface area contributed by atoms with Gasteiger partial charge >= 0.3 is 0 Å². The van der Waals surface area contributed by atoms with E-state index < -0.39 is 0 Å². The zero-order valence-corrected chi connectivity index (χ0v) is 14.6. The van der Waals surface area contributed by atoms with Gasteiger partial charge in [0.2, 0.25) is 0 Å². The van der Waals surface area contributed by atoms with Crippen molar-refractivity contribution in [3.63, 3.8) is 0 Å². The van der Waals surface area contributed by atoms with Crippen LogP contribution in [0.4, 0.5) is 0 Å². The lowest BCUT2D eigenvalue weighted by Crippen LogP contribution is -2.24. The molecule has 3 aromatic rings. The van der Waals surface area contributed by atoms with Crippen LogP contribution in [0.15, 0.2) is 88.2 Å². The summed E-state index contributed by atoms with van der Waals surface area (Å²) in [4.78, 5) is 0. The van der Waals surface area contributed by atoms with Gasteiger partial charge in [0.1, 0.15) is 17.2 Å². The van der Waals surface area contributed by atoms with Gasteiger partial charge in [0.05, 0.1) is 5.70 Å². The maximum atomic E-state index is 9.11. The second kappa shape index (κ2) is 6.87. The summed E-state index contributed by atoms with van der Waals surface area (Å²) in [5, 5.41) is 11.3. The molecule has 0 fully saturated rings. The quantitative estimate of drug-likeness (QED) is 0.375. The predicted octanol–water partition coefficient (Wildman–Crippen LogP) is 4.01. The van der Waals surface area contributed by atoms with Crippen LogP contribution in [0.25, 0.3) is 27.5 Å². The Morgan fingerprint density at radius 3 is 2.70 bits per heavy atom. The summed E-state index contributed by atoms with van der Waals surface area (Å²) in [5.74, 6) is 5.36. The van der Waals surface area contributed by atoms with Crippen LogP contribution in [0.5, 0.6) is 0 Å². The van der Waals surface area contributed by atoms with E-state index >= 15 is 0 Å². The largest absolute Gasteiger partial charge is 0.455 e. The normalized spacial score (nSPS) is 15.0. The SMILES string of the molecule is N#C/C(NN)=C(/N)C1=CC=C(c2cccc3c2oc2ccccc23)C=CC1. The van der Waals surface area contributed by atoms with Crippen molar-refractivity contribution in [1.82, 2.24) is 5.43 Å². The summed E-state index contributed by atoms with van der Waals surface area (Å²) in [5.41, 5.74) is 13.5. The highest BCUT2D eigenvalue weighted by Gasteiger charge is 2.13. The first-order chi connectivity index (χ1) is 13.2. The third-order valence-corrected chi connectivity index (χ3v) is 4.69. The van der Waals surface area contributed by atoms with Gasteiger partial charge in [0.25, 0.3) is 0 Å². The number of fused-ring (bicyclic) bond motifs is 3. The minimum Gasteiger partial charge on any atom is -0.455 e. The molecule has 27 heavy (non-hydrogen) atoms. The number of hydrazine groups is 1. The van der Waals surface area contributed by atoms with E-state index in [9.17, 15) is 0 Å². The van der Waals surface area contributed by atoms with Crippen LogP contribution in [-0.2, 0) is 0 Å². The van der Waals surface area contributed by atoms with E-state index in [0.717, 1.165) is 38.6 Å². The van der Waals surface area contributed by atoms with Crippen LogP contribution in [0.1, 0.15) is 12.0 Å². The van der Waals surface area contributed by atoms with Gasteiger partial charge in [0, 0.05) is 16.3 Å². The number of nitrogens with two attached hydrogens (primary N) is 2. The Hall–Kier alpha value is -3.75. The number of hydrogen-bond donors (Lipinski definition) is 3. The molecule has 0 unspecified atom stereocenters. The standard InChI is InChI=1S/C22H18N4O/c23-13-19(26-25)21(24)15-6-3-5-14(11-12-15)16-8-4-9-18-17-7-1-2-10-20(17)27-22(16)18/h1-5,7-12,26H,6,24-25H2/b21-19-. The van der Waals surface area contributed by atoms with E-state index in [-0.39, 0.29) is 5.70 Å². The van der Waals surface area contributed by atoms with Crippen molar-refractivity contribution in [3.8, 4) is 6.07 Å². The van der Waals surface area contributed by atoms with Crippen LogP contribution in [0, 0.1) is 11.3 Å². The van der Waals surface area contributed by atoms with Gasteiger partial charge in [-0.25, -0.2) is 5.84 Å². The fourth-order valence-corrected chi connectivity index (χ4v) is 3.31. The molecule has 0 amide bonds. The number of benzene rings is 2. The van der Waals surface area contributed by atoms with E-state index in [4.69, 9.17) is 21.3 Å². The first-order valence-corrected chi connectivity index (χ1v) is 8.58. The Labute approximate surface area is 156 Å². The van der Waals surface area contributed by atoms with Gasteiger partial charge in [-0.2, -0.15) is 5.26 Å². The summed E-state index contributed by atoms with van der Waals surface area (Å²) in [6, 6.07) is 16.1. The lowest BCUT2D eigenvalue weighted by atomic mass is 10.0. The third-order valence-electron chi connectivity index (χ3n) is 4.69. The minimum absolute atomic E-state index is 0.158. The highest BCUT2D eigenvalue weighted by atomic mass is 16.3. The summed E-state index contributed by atoms with van der Waals surface area (Å²) in [7, 11) is 0. The average molecular weight is 354 g/mol. The second-order valence-electron chi connectivity index (χ2n) is 6.25. The number of furan rings is 1. The first-order valence-electron chi connectivity index (χ1n) is 8.58. The number of nitrogens with one attached hydrogen (secondary N) is 1. The van der Waals surface area contributed by atoms with Crippen LogP contribution < -0.4 is 17.0 Å². The molecule has 132 valence electrons. The number of nitrogens with zero attached hydrogens (tertiary/aromatic N) is 1. The minimum atomic E-state index is 0.158. The molecular formula is C22H18N4O. The Balaban J connectivity index is 1.85. The molecule has 0 saturated carbocycles. The van der Waals surface area contributed by atoms with Crippen molar-refractivity contribution in [3.05, 3.63) is 89.3 Å². The van der Waals surface area contributed by atoms with E-state index in [1.807, 2.05) is 60.7 Å². The molecule has 1 aliphatic carbocycles. The van der Waals surface area contributed by atoms with Crippen molar-refractivity contribution >= 4 is 27.5 Å². The molecule has 0 atom stereocenters. The van der Waals surface area contributed by atoms with Crippen LogP contribution in [0.3, 0.4) is 0 Å². The molecule has 1 heterocycles. The molecule has 2 aromatic carbocycles. The molecule has 4 rings (SSSR count). The summed E-state index contributed by atoms with van der Waals surface area (Å²) in [6.45, 7) is 0. The van der Waals surface area contributed by atoms with Crippen LogP contribution in [-0.4, -0.2) is 0 Å².